The van der Waals surface area contributed by atoms with Gasteiger partial charge in [0.05, 0.1) is 22.1 Å². The molecule has 0 saturated carbocycles. The molecule has 0 aliphatic rings. The molecule has 3 rings (SSSR count). The molecule has 0 aliphatic carbocycles. The number of anilines is 2. The van der Waals surface area contributed by atoms with Crippen LogP contribution < -0.4 is 10.2 Å². The van der Waals surface area contributed by atoms with Crippen LogP contribution in [0, 0.1) is 0 Å². The summed E-state index contributed by atoms with van der Waals surface area (Å²) in [4.78, 5) is 32.9. The number of carbonyl (C=O) groups is 2. The van der Waals surface area contributed by atoms with Crippen LogP contribution in [0.2, 0.25) is 0 Å². The predicted octanol–water partition coefficient (Wildman–Crippen LogP) is 4.82. The van der Waals surface area contributed by atoms with Gasteiger partial charge in [0, 0.05) is 18.8 Å². The van der Waals surface area contributed by atoms with Crippen molar-refractivity contribution in [2.24, 2.45) is 0 Å². The van der Waals surface area contributed by atoms with E-state index in [1.165, 1.54) is 16.2 Å². The van der Waals surface area contributed by atoms with E-state index in [9.17, 15) is 9.59 Å². The van der Waals surface area contributed by atoms with Gasteiger partial charge in [0.2, 0.25) is 0 Å². The molecule has 8 nitrogen and oxygen atoms in total. The lowest BCUT2D eigenvalue weighted by atomic mass is 10.1. The van der Waals surface area contributed by atoms with Gasteiger partial charge in [-0.15, -0.1) is 0 Å². The topological polar surface area (TPSA) is 105 Å². The number of nitrogens with zero attached hydrogens (tertiary/aromatic N) is 3. The van der Waals surface area contributed by atoms with Crippen LogP contribution in [0.5, 0.6) is 0 Å². The number of nitrogens with one attached hydrogen (secondary N) is 1. The minimum atomic E-state index is -1.15. The summed E-state index contributed by atoms with van der Waals surface area (Å²) in [7, 11) is 1.63. The van der Waals surface area contributed by atoms with Gasteiger partial charge in [-0.1, -0.05) is 17.4 Å². The number of carboxylic acid groups (broad SMARTS) is 1. The summed E-state index contributed by atoms with van der Waals surface area (Å²) in [5.74, 6) is 0. The van der Waals surface area contributed by atoms with Crippen molar-refractivity contribution in [3.8, 4) is 11.1 Å². The maximum Gasteiger partial charge on any atom is 0.414 e. The SMILES string of the molecule is CN(C(=O)OC(C)(C)C)c1cncc(-c2ccc3nc(NC(=O)O)sc3c2)c1. The Morgan fingerprint density at radius 3 is 2.61 bits per heavy atom. The molecule has 3 aromatic rings. The molecule has 0 fully saturated rings. The van der Waals surface area contributed by atoms with E-state index in [-0.39, 0.29) is 0 Å². The van der Waals surface area contributed by atoms with Crippen LogP contribution in [0.1, 0.15) is 20.8 Å². The van der Waals surface area contributed by atoms with Crippen molar-refractivity contribution in [2.75, 3.05) is 17.3 Å². The van der Waals surface area contributed by atoms with Crippen molar-refractivity contribution in [2.45, 2.75) is 26.4 Å². The van der Waals surface area contributed by atoms with Crippen LogP contribution in [0.3, 0.4) is 0 Å². The number of rotatable bonds is 3. The van der Waals surface area contributed by atoms with Gasteiger partial charge in [-0.3, -0.25) is 15.2 Å². The van der Waals surface area contributed by atoms with Crippen LogP contribution in [-0.4, -0.2) is 39.9 Å². The van der Waals surface area contributed by atoms with E-state index in [0.29, 0.717) is 16.3 Å². The molecule has 2 heterocycles. The van der Waals surface area contributed by atoms with Crippen molar-refractivity contribution in [3.05, 3.63) is 36.7 Å². The summed E-state index contributed by atoms with van der Waals surface area (Å²) < 4.78 is 6.23. The van der Waals surface area contributed by atoms with E-state index < -0.39 is 17.8 Å². The number of pyridine rings is 1. The lowest BCUT2D eigenvalue weighted by Gasteiger charge is -2.24. The summed E-state index contributed by atoms with van der Waals surface area (Å²) in [5, 5.41) is 11.4. The molecule has 1 aromatic carbocycles. The zero-order chi connectivity index (χ0) is 20.5. The van der Waals surface area contributed by atoms with Gasteiger partial charge < -0.3 is 9.84 Å². The Morgan fingerprint density at radius 2 is 1.93 bits per heavy atom. The Balaban J connectivity index is 1.89. The first-order valence-electron chi connectivity index (χ1n) is 8.45. The summed E-state index contributed by atoms with van der Waals surface area (Å²) in [5.41, 5.74) is 2.41. The van der Waals surface area contributed by atoms with Crippen LogP contribution in [-0.2, 0) is 4.74 Å². The second kappa shape index (κ2) is 7.43. The monoisotopic (exact) mass is 400 g/mol. The zero-order valence-corrected chi connectivity index (χ0v) is 16.7. The fraction of sp³-hybridized carbons (Fsp3) is 0.263. The molecule has 0 aliphatic heterocycles. The van der Waals surface area contributed by atoms with Crippen LogP contribution in [0.15, 0.2) is 36.7 Å². The van der Waals surface area contributed by atoms with Crippen molar-refractivity contribution >= 4 is 44.6 Å². The van der Waals surface area contributed by atoms with E-state index in [1.54, 1.807) is 19.4 Å². The fourth-order valence-electron chi connectivity index (χ4n) is 2.45. The Kier molecular flexibility index (Phi) is 5.19. The van der Waals surface area contributed by atoms with E-state index in [2.05, 4.69) is 15.3 Å². The normalized spacial score (nSPS) is 11.3. The molecule has 28 heavy (non-hydrogen) atoms. The highest BCUT2D eigenvalue weighted by molar-refractivity contribution is 7.22. The zero-order valence-electron chi connectivity index (χ0n) is 15.9. The first kappa shape index (κ1) is 19.6. The van der Waals surface area contributed by atoms with Crippen molar-refractivity contribution in [1.29, 1.82) is 0 Å². The van der Waals surface area contributed by atoms with Gasteiger partial charge >= 0.3 is 12.2 Å². The summed E-state index contributed by atoms with van der Waals surface area (Å²) in [6, 6.07) is 7.45. The first-order chi connectivity index (χ1) is 13.1. The maximum absolute atomic E-state index is 12.3. The number of amides is 2. The Labute approximate surface area is 165 Å². The summed E-state index contributed by atoms with van der Waals surface area (Å²) >= 11 is 1.25. The van der Waals surface area contributed by atoms with Gasteiger partial charge in [-0.05, 0) is 44.5 Å². The molecule has 0 atom stereocenters. The summed E-state index contributed by atoms with van der Waals surface area (Å²) in [6.07, 6.45) is 1.67. The van der Waals surface area contributed by atoms with Crippen LogP contribution >= 0.6 is 11.3 Å². The molecule has 0 saturated heterocycles. The number of hydrogen-bond acceptors (Lipinski definition) is 6. The molecule has 2 aromatic heterocycles. The minimum absolute atomic E-state index is 0.316. The van der Waals surface area contributed by atoms with Crippen LogP contribution in [0.4, 0.5) is 20.4 Å². The average Bonchev–Trinajstić information content (AvgIpc) is 3.00. The third-order valence-corrected chi connectivity index (χ3v) is 4.65. The van der Waals surface area contributed by atoms with Gasteiger partial charge in [-0.2, -0.15) is 0 Å². The fourth-order valence-corrected chi connectivity index (χ4v) is 3.35. The highest BCUT2D eigenvalue weighted by atomic mass is 32.1. The lowest BCUT2D eigenvalue weighted by molar-refractivity contribution is 0.0589. The molecule has 146 valence electrons. The quantitative estimate of drug-likeness (QED) is 0.653. The Bertz CT molecular complexity index is 1040. The van der Waals surface area contributed by atoms with E-state index >= 15 is 0 Å². The highest BCUT2D eigenvalue weighted by Crippen LogP contribution is 2.31. The third kappa shape index (κ3) is 4.55. The largest absolute Gasteiger partial charge is 0.465 e. The van der Waals surface area contributed by atoms with E-state index in [0.717, 1.165) is 15.8 Å². The number of thiazole rings is 1. The number of carbonyl (C=O) groups excluding carboxylic acids is 1. The van der Waals surface area contributed by atoms with E-state index in [4.69, 9.17) is 9.84 Å². The number of benzene rings is 1. The predicted molar refractivity (Wildman–Crippen MR) is 109 cm³/mol. The standard InChI is InChI=1S/C19H20N4O4S/c1-19(2,3)27-18(26)23(4)13-7-12(9-20-10-13)11-5-6-14-15(8-11)28-16(21-14)22-17(24)25/h5-10H,1-4H3,(H,21,22)(H,24,25). The molecule has 2 N–H and O–H groups in total. The maximum atomic E-state index is 12.3. The van der Waals surface area contributed by atoms with Gasteiger partial charge in [0.1, 0.15) is 5.60 Å². The van der Waals surface area contributed by atoms with Crippen molar-refractivity contribution < 1.29 is 19.4 Å². The molecule has 0 spiro atoms. The third-order valence-electron chi connectivity index (χ3n) is 3.71. The molecular formula is C19H20N4O4S. The Morgan fingerprint density at radius 1 is 1.18 bits per heavy atom. The second-order valence-electron chi connectivity index (χ2n) is 7.10. The number of aromatic nitrogens is 2. The van der Waals surface area contributed by atoms with Crippen LogP contribution in [0.25, 0.3) is 21.3 Å². The smallest absolute Gasteiger partial charge is 0.414 e. The second-order valence-corrected chi connectivity index (χ2v) is 8.13. The molecule has 0 radical (unpaired) electrons. The number of hydrogen-bond donors (Lipinski definition) is 2. The van der Waals surface area contributed by atoms with Gasteiger partial charge in [0.25, 0.3) is 0 Å². The minimum Gasteiger partial charge on any atom is -0.465 e. The molecule has 2 amide bonds. The lowest BCUT2D eigenvalue weighted by Crippen LogP contribution is -2.34. The van der Waals surface area contributed by atoms with Crippen molar-refractivity contribution in [1.82, 2.24) is 9.97 Å². The number of ether oxygens (including phenoxy) is 1. The first-order valence-corrected chi connectivity index (χ1v) is 9.27. The van der Waals surface area contributed by atoms with Gasteiger partial charge in [0.15, 0.2) is 5.13 Å². The van der Waals surface area contributed by atoms with E-state index in [1.807, 2.05) is 45.0 Å². The molecular weight excluding hydrogens is 380 g/mol. The molecule has 0 unspecified atom stereocenters. The molecule has 9 heteroatoms. The average molecular weight is 400 g/mol. The summed E-state index contributed by atoms with van der Waals surface area (Å²) in [6.45, 7) is 5.43. The Hall–Kier alpha value is -3.20. The molecule has 0 bridgehead atoms. The van der Waals surface area contributed by atoms with Gasteiger partial charge in [-0.25, -0.2) is 14.6 Å². The highest BCUT2D eigenvalue weighted by Gasteiger charge is 2.21. The number of fused-ring (bicyclic) bond motifs is 1. The van der Waals surface area contributed by atoms with Crippen molar-refractivity contribution in [3.63, 3.8) is 0 Å².